The third-order valence-electron chi connectivity index (χ3n) is 5.12. The fourth-order valence-corrected chi connectivity index (χ4v) is 4.09. The van der Waals surface area contributed by atoms with Gasteiger partial charge in [0.15, 0.2) is 0 Å². The number of hydrogen-bond donors (Lipinski definition) is 1. The van der Waals surface area contributed by atoms with Crippen LogP contribution in [0.1, 0.15) is 50.6 Å². The zero-order valence-corrected chi connectivity index (χ0v) is 14.1. The monoisotopic (exact) mass is 316 g/mol. The lowest BCUT2D eigenvalue weighted by Gasteiger charge is -2.41. The van der Waals surface area contributed by atoms with Crippen LogP contribution in [0, 0.1) is 5.92 Å². The number of benzene rings is 1. The number of ether oxygens (including phenoxy) is 1. The van der Waals surface area contributed by atoms with Crippen LogP contribution in [0.4, 0.5) is 0 Å². The van der Waals surface area contributed by atoms with Gasteiger partial charge in [0.25, 0.3) is 0 Å². The third-order valence-corrected chi connectivity index (χ3v) is 5.12. The molecule has 126 valence electrons. The first-order chi connectivity index (χ1) is 11.2. The highest BCUT2D eigenvalue weighted by Gasteiger charge is 2.30. The summed E-state index contributed by atoms with van der Waals surface area (Å²) >= 11 is 0. The largest absolute Gasteiger partial charge is 0.427 e. The van der Waals surface area contributed by atoms with Crippen molar-refractivity contribution >= 4 is 5.97 Å². The highest BCUT2D eigenvalue weighted by atomic mass is 16.5. The number of esters is 1. The van der Waals surface area contributed by atoms with E-state index in [1.165, 1.54) is 44.6 Å². The molecule has 0 bridgehead atoms. The Labute approximate surface area is 139 Å². The van der Waals surface area contributed by atoms with E-state index in [-0.39, 0.29) is 5.97 Å². The van der Waals surface area contributed by atoms with Crippen LogP contribution in [0.15, 0.2) is 24.3 Å². The molecular formula is C19H28N2O2. The van der Waals surface area contributed by atoms with Crippen molar-refractivity contribution in [3.63, 3.8) is 0 Å². The Kier molecular flexibility index (Phi) is 5.68. The molecule has 1 aliphatic heterocycles. The maximum Gasteiger partial charge on any atom is 0.308 e. The van der Waals surface area contributed by atoms with Crippen LogP contribution in [0.5, 0.6) is 5.75 Å². The summed E-state index contributed by atoms with van der Waals surface area (Å²) in [5.74, 6) is 1.13. The Morgan fingerprint density at radius 2 is 1.78 bits per heavy atom. The average Bonchev–Trinajstić information content (AvgIpc) is 2.58. The lowest BCUT2D eigenvalue weighted by molar-refractivity contribution is -0.131. The summed E-state index contributed by atoms with van der Waals surface area (Å²) in [5, 5.41) is 3.46. The first-order valence-corrected chi connectivity index (χ1v) is 8.97. The molecule has 23 heavy (non-hydrogen) atoms. The Balaban J connectivity index is 1.79. The number of hydrogen-bond acceptors (Lipinski definition) is 4. The predicted molar refractivity (Wildman–Crippen MR) is 91.5 cm³/mol. The molecule has 1 saturated heterocycles. The van der Waals surface area contributed by atoms with E-state index in [1.807, 2.05) is 12.1 Å². The second-order valence-corrected chi connectivity index (χ2v) is 6.79. The fraction of sp³-hybridized carbons (Fsp3) is 0.632. The number of piperazine rings is 1. The molecule has 1 saturated carbocycles. The number of nitrogens with one attached hydrogen (secondary N) is 1. The van der Waals surface area contributed by atoms with Gasteiger partial charge in [-0.25, -0.2) is 0 Å². The van der Waals surface area contributed by atoms with Gasteiger partial charge in [0, 0.05) is 39.1 Å². The van der Waals surface area contributed by atoms with Crippen LogP contribution in [-0.4, -0.2) is 37.0 Å². The Hall–Kier alpha value is -1.39. The first-order valence-electron chi connectivity index (χ1n) is 8.97. The maximum absolute atomic E-state index is 11.1. The van der Waals surface area contributed by atoms with Crippen molar-refractivity contribution in [2.24, 2.45) is 5.92 Å². The predicted octanol–water partition coefficient (Wildman–Crippen LogP) is 3.14. The molecule has 3 rings (SSSR count). The molecule has 0 aromatic heterocycles. The van der Waals surface area contributed by atoms with E-state index in [9.17, 15) is 4.79 Å². The van der Waals surface area contributed by atoms with Crippen LogP contribution >= 0.6 is 0 Å². The van der Waals surface area contributed by atoms with Gasteiger partial charge in [-0.05, 0) is 36.5 Å². The number of nitrogens with zero attached hydrogens (tertiary/aromatic N) is 1. The molecular weight excluding hydrogens is 288 g/mol. The van der Waals surface area contributed by atoms with Crippen molar-refractivity contribution in [3.8, 4) is 5.75 Å². The Morgan fingerprint density at radius 3 is 2.39 bits per heavy atom. The van der Waals surface area contributed by atoms with E-state index in [0.29, 0.717) is 11.8 Å². The molecule has 4 nitrogen and oxygen atoms in total. The molecule has 1 aromatic rings. The normalized spacial score (nSPS) is 21.8. The molecule has 1 N–H and O–H groups in total. The quantitative estimate of drug-likeness (QED) is 0.684. The van der Waals surface area contributed by atoms with Crippen molar-refractivity contribution in [1.29, 1.82) is 0 Å². The number of rotatable bonds is 4. The minimum atomic E-state index is -0.260. The van der Waals surface area contributed by atoms with E-state index in [2.05, 4.69) is 22.3 Å². The third kappa shape index (κ3) is 4.33. The van der Waals surface area contributed by atoms with Gasteiger partial charge in [0.1, 0.15) is 5.75 Å². The highest BCUT2D eigenvalue weighted by molar-refractivity contribution is 5.69. The van der Waals surface area contributed by atoms with Gasteiger partial charge < -0.3 is 10.1 Å². The molecule has 0 spiro atoms. The standard InChI is InChI=1S/C19H28N2O2/c1-15(22)23-18-9-7-17(8-10-18)19(16-5-3-2-4-6-16)21-13-11-20-12-14-21/h7-10,16,19-20H,2-6,11-14H2,1H3/t19-/m0/s1. The van der Waals surface area contributed by atoms with Crippen molar-refractivity contribution in [2.75, 3.05) is 26.2 Å². The highest BCUT2D eigenvalue weighted by Crippen LogP contribution is 2.38. The van der Waals surface area contributed by atoms with Gasteiger partial charge in [-0.2, -0.15) is 0 Å². The second kappa shape index (κ2) is 7.93. The van der Waals surface area contributed by atoms with Gasteiger partial charge in [-0.1, -0.05) is 31.4 Å². The first kappa shape index (κ1) is 16.5. The number of carbonyl (C=O) groups is 1. The van der Waals surface area contributed by atoms with Crippen molar-refractivity contribution in [2.45, 2.75) is 45.1 Å². The summed E-state index contributed by atoms with van der Waals surface area (Å²) in [4.78, 5) is 13.7. The van der Waals surface area contributed by atoms with Crippen LogP contribution in [-0.2, 0) is 4.79 Å². The molecule has 1 atom stereocenters. The molecule has 2 fully saturated rings. The summed E-state index contributed by atoms with van der Waals surface area (Å²) in [6.07, 6.45) is 6.77. The minimum Gasteiger partial charge on any atom is -0.427 e. The SMILES string of the molecule is CC(=O)Oc1ccc([C@H](C2CCCCC2)N2CCNCC2)cc1. The molecule has 4 heteroatoms. The van der Waals surface area contributed by atoms with E-state index in [1.54, 1.807) is 0 Å². The van der Waals surface area contributed by atoms with Crippen LogP contribution in [0.3, 0.4) is 0 Å². The average molecular weight is 316 g/mol. The molecule has 0 amide bonds. The molecule has 0 unspecified atom stereocenters. The molecule has 2 aliphatic rings. The summed E-state index contributed by atoms with van der Waals surface area (Å²) in [6.45, 7) is 5.84. The smallest absolute Gasteiger partial charge is 0.308 e. The Bertz CT molecular complexity index is 485. The lowest BCUT2D eigenvalue weighted by atomic mass is 9.80. The zero-order valence-electron chi connectivity index (χ0n) is 14.1. The maximum atomic E-state index is 11.1. The second-order valence-electron chi connectivity index (χ2n) is 6.79. The van der Waals surface area contributed by atoms with Crippen molar-refractivity contribution in [1.82, 2.24) is 10.2 Å². The van der Waals surface area contributed by atoms with Gasteiger partial charge in [0.2, 0.25) is 0 Å². The van der Waals surface area contributed by atoms with Crippen LogP contribution in [0.2, 0.25) is 0 Å². The van der Waals surface area contributed by atoms with Gasteiger partial charge in [0.05, 0.1) is 0 Å². The summed E-state index contributed by atoms with van der Waals surface area (Å²) < 4.78 is 5.18. The van der Waals surface area contributed by atoms with Gasteiger partial charge in [-0.15, -0.1) is 0 Å². The van der Waals surface area contributed by atoms with Crippen LogP contribution in [0.25, 0.3) is 0 Å². The number of carbonyl (C=O) groups excluding carboxylic acids is 1. The van der Waals surface area contributed by atoms with E-state index in [0.717, 1.165) is 32.1 Å². The topological polar surface area (TPSA) is 41.6 Å². The van der Waals surface area contributed by atoms with E-state index in [4.69, 9.17) is 4.74 Å². The van der Waals surface area contributed by atoms with Gasteiger partial charge >= 0.3 is 5.97 Å². The van der Waals surface area contributed by atoms with Crippen molar-refractivity contribution < 1.29 is 9.53 Å². The fourth-order valence-electron chi connectivity index (χ4n) is 4.09. The van der Waals surface area contributed by atoms with Crippen LogP contribution < -0.4 is 10.1 Å². The lowest BCUT2D eigenvalue weighted by Crippen LogP contribution is -2.47. The summed E-state index contributed by atoms with van der Waals surface area (Å²) in [7, 11) is 0. The Morgan fingerprint density at radius 1 is 1.13 bits per heavy atom. The molecule has 1 heterocycles. The van der Waals surface area contributed by atoms with Gasteiger partial charge in [-0.3, -0.25) is 9.69 Å². The summed E-state index contributed by atoms with van der Waals surface area (Å²) in [6, 6.07) is 8.69. The van der Waals surface area contributed by atoms with Crippen molar-refractivity contribution in [3.05, 3.63) is 29.8 Å². The molecule has 1 aromatic carbocycles. The molecule has 0 radical (unpaired) electrons. The molecule has 1 aliphatic carbocycles. The van der Waals surface area contributed by atoms with E-state index < -0.39 is 0 Å². The summed E-state index contributed by atoms with van der Waals surface area (Å²) in [5.41, 5.74) is 1.37. The zero-order chi connectivity index (χ0) is 16.1. The minimum absolute atomic E-state index is 0.260. The van der Waals surface area contributed by atoms with E-state index >= 15 is 0 Å².